The number of esters is 3. The molecule has 0 aromatic carbocycles. The second-order valence-electron chi connectivity index (χ2n) is 24.1. The van der Waals surface area contributed by atoms with Crippen molar-refractivity contribution in [2.75, 3.05) is 13.2 Å². The van der Waals surface area contributed by atoms with Crippen molar-refractivity contribution in [2.24, 2.45) is 0 Å². The van der Waals surface area contributed by atoms with Gasteiger partial charge in [-0.05, 0) is 116 Å². The average Bonchev–Trinajstić information content (AvgIpc) is 3.49. The molecule has 83 heavy (non-hydrogen) atoms. The van der Waals surface area contributed by atoms with Crippen LogP contribution in [0.4, 0.5) is 0 Å². The molecule has 0 amide bonds. The summed E-state index contributed by atoms with van der Waals surface area (Å²) in [6, 6.07) is 0. The number of hydrogen-bond donors (Lipinski definition) is 0. The summed E-state index contributed by atoms with van der Waals surface area (Å²) in [7, 11) is 0. The smallest absolute Gasteiger partial charge is 0.306 e. The van der Waals surface area contributed by atoms with Gasteiger partial charge in [0, 0.05) is 19.3 Å². The van der Waals surface area contributed by atoms with Gasteiger partial charge in [-0.3, -0.25) is 14.4 Å². The summed E-state index contributed by atoms with van der Waals surface area (Å²) in [6.45, 7) is 6.56. The summed E-state index contributed by atoms with van der Waals surface area (Å²) in [5, 5.41) is 0. The molecule has 0 bridgehead atoms. The van der Waals surface area contributed by atoms with Crippen LogP contribution in [0.25, 0.3) is 0 Å². The summed E-state index contributed by atoms with van der Waals surface area (Å²) >= 11 is 0. The predicted molar refractivity (Wildman–Crippen MR) is 362 cm³/mol. The molecule has 0 aliphatic heterocycles. The molecule has 0 aliphatic carbocycles. The van der Waals surface area contributed by atoms with Gasteiger partial charge in [-0.15, -0.1) is 0 Å². The number of allylic oxidation sites excluding steroid dienone is 14. The molecule has 6 nitrogen and oxygen atoms in total. The lowest BCUT2D eigenvalue weighted by Crippen LogP contribution is -2.30. The zero-order chi connectivity index (χ0) is 59.9. The lowest BCUT2D eigenvalue weighted by Gasteiger charge is -2.18. The largest absolute Gasteiger partial charge is 0.462 e. The maximum absolute atomic E-state index is 13.0. The van der Waals surface area contributed by atoms with E-state index in [9.17, 15) is 14.4 Å². The lowest BCUT2D eigenvalue weighted by atomic mass is 10.0. The first-order valence-corrected chi connectivity index (χ1v) is 36.1. The highest BCUT2D eigenvalue weighted by atomic mass is 16.6. The van der Waals surface area contributed by atoms with Gasteiger partial charge >= 0.3 is 17.9 Å². The first-order chi connectivity index (χ1) is 41.0. The highest BCUT2D eigenvalue weighted by molar-refractivity contribution is 5.71. The van der Waals surface area contributed by atoms with E-state index in [2.05, 4.69) is 106 Å². The molecule has 0 aromatic rings. The second kappa shape index (κ2) is 71.1. The third-order valence-electron chi connectivity index (χ3n) is 15.9. The summed E-state index contributed by atoms with van der Waals surface area (Å²) < 4.78 is 17.0. The van der Waals surface area contributed by atoms with Crippen LogP contribution in [0, 0.1) is 0 Å². The van der Waals surface area contributed by atoms with Crippen LogP contribution in [0.5, 0.6) is 0 Å². The highest BCUT2D eigenvalue weighted by Crippen LogP contribution is 2.17. The van der Waals surface area contributed by atoms with Gasteiger partial charge in [0.1, 0.15) is 13.2 Å². The van der Waals surface area contributed by atoms with Gasteiger partial charge in [-0.25, -0.2) is 0 Å². The van der Waals surface area contributed by atoms with Crippen LogP contribution in [-0.2, 0) is 28.6 Å². The molecule has 0 radical (unpaired) electrons. The van der Waals surface area contributed by atoms with Gasteiger partial charge in [-0.2, -0.15) is 0 Å². The third kappa shape index (κ3) is 69.3. The molecule has 1 atom stereocenters. The lowest BCUT2D eigenvalue weighted by molar-refractivity contribution is -0.167. The predicted octanol–water partition coefficient (Wildman–Crippen LogP) is 25.0. The molecule has 0 aliphatic rings. The van der Waals surface area contributed by atoms with Crippen LogP contribution < -0.4 is 0 Å². The summed E-state index contributed by atoms with van der Waals surface area (Å²) in [6.07, 6.45) is 94.6. The highest BCUT2D eigenvalue weighted by Gasteiger charge is 2.19. The zero-order valence-electron chi connectivity index (χ0n) is 55.2. The standard InChI is InChI=1S/C77H136O6/c1-4-7-10-13-16-19-22-25-28-31-34-36-38-40-43-46-49-52-55-58-61-64-67-70-76(79)82-73-74(72-81-75(78)69-66-63-60-57-54-51-48-45-42-33-30-27-24-21-18-15-12-9-6-3)83-77(80)71-68-65-62-59-56-53-50-47-44-41-39-37-35-32-29-26-23-20-17-14-11-8-5-2/h7,10,16,19,23,25-28,30,32,34-36,74H,4-6,8-9,11-15,17-18,20-22,24,29,31,33,37-73H2,1-3H3/b10-7-,19-16-,26-23-,28-25-,30-27-,35-32-,36-34-. The van der Waals surface area contributed by atoms with Gasteiger partial charge < -0.3 is 14.2 Å². The molecular formula is C77H136O6. The SMILES string of the molecule is CC/C=C\C/C=C\C/C=C\C/C=C\CCCCCCCCCCCCC(=O)OCC(COC(=O)CCCCCCCCCCC/C=C\CCCCCCCC)OC(=O)CCCCCCCCCCCCC/C=C\C/C=C\CCCCCCC. The Morgan fingerprint density at radius 3 is 0.747 bits per heavy atom. The Labute approximate surface area is 515 Å². The fourth-order valence-corrected chi connectivity index (χ4v) is 10.5. The molecule has 6 heteroatoms. The first kappa shape index (κ1) is 79.6. The van der Waals surface area contributed by atoms with E-state index in [0.717, 1.165) is 89.9 Å². The van der Waals surface area contributed by atoms with Crippen molar-refractivity contribution in [1.29, 1.82) is 0 Å². The molecule has 0 spiro atoms. The van der Waals surface area contributed by atoms with Gasteiger partial charge in [0.15, 0.2) is 6.10 Å². The monoisotopic (exact) mass is 1160 g/mol. The van der Waals surface area contributed by atoms with Gasteiger partial charge in [-0.1, -0.05) is 318 Å². The maximum atomic E-state index is 13.0. The average molecular weight is 1160 g/mol. The number of rotatable bonds is 66. The Hall–Kier alpha value is -3.41. The molecule has 0 saturated heterocycles. The molecule has 480 valence electrons. The van der Waals surface area contributed by atoms with E-state index >= 15 is 0 Å². The van der Waals surface area contributed by atoms with E-state index in [4.69, 9.17) is 14.2 Å². The van der Waals surface area contributed by atoms with Crippen LogP contribution in [0.15, 0.2) is 85.1 Å². The molecule has 0 aromatic heterocycles. The molecule has 0 saturated carbocycles. The molecular weight excluding hydrogens is 1020 g/mol. The third-order valence-corrected chi connectivity index (χ3v) is 15.9. The second-order valence-corrected chi connectivity index (χ2v) is 24.1. The van der Waals surface area contributed by atoms with Crippen molar-refractivity contribution in [2.45, 2.75) is 374 Å². The Morgan fingerprint density at radius 1 is 0.253 bits per heavy atom. The summed E-state index contributed by atoms with van der Waals surface area (Å²) in [5.74, 6) is -0.865. The Bertz CT molecular complexity index is 1570. The minimum Gasteiger partial charge on any atom is -0.462 e. The normalized spacial score (nSPS) is 12.6. The van der Waals surface area contributed by atoms with Gasteiger partial charge in [0.25, 0.3) is 0 Å². The molecule has 1 unspecified atom stereocenters. The van der Waals surface area contributed by atoms with Gasteiger partial charge in [0.2, 0.25) is 0 Å². The summed E-state index contributed by atoms with van der Waals surface area (Å²) in [4.78, 5) is 38.5. The number of unbranched alkanes of at least 4 members (excludes halogenated alkanes) is 41. The van der Waals surface area contributed by atoms with E-state index in [0.29, 0.717) is 19.3 Å². The van der Waals surface area contributed by atoms with Crippen LogP contribution in [0.3, 0.4) is 0 Å². The maximum Gasteiger partial charge on any atom is 0.306 e. The molecule has 0 rings (SSSR count). The van der Waals surface area contributed by atoms with Crippen LogP contribution in [-0.4, -0.2) is 37.2 Å². The number of ether oxygens (including phenoxy) is 3. The fourth-order valence-electron chi connectivity index (χ4n) is 10.5. The number of carbonyl (C=O) groups excluding carboxylic acids is 3. The van der Waals surface area contributed by atoms with Crippen molar-refractivity contribution in [3.05, 3.63) is 85.1 Å². The van der Waals surface area contributed by atoms with Crippen molar-refractivity contribution in [3.8, 4) is 0 Å². The van der Waals surface area contributed by atoms with Crippen molar-refractivity contribution < 1.29 is 28.6 Å². The van der Waals surface area contributed by atoms with Crippen molar-refractivity contribution in [3.63, 3.8) is 0 Å². The zero-order valence-corrected chi connectivity index (χ0v) is 55.2. The van der Waals surface area contributed by atoms with Crippen molar-refractivity contribution >= 4 is 17.9 Å². The van der Waals surface area contributed by atoms with Gasteiger partial charge in [0.05, 0.1) is 0 Å². The Morgan fingerprint density at radius 2 is 0.470 bits per heavy atom. The van der Waals surface area contributed by atoms with E-state index in [1.807, 2.05) is 0 Å². The first-order valence-electron chi connectivity index (χ1n) is 36.1. The van der Waals surface area contributed by atoms with Crippen molar-refractivity contribution in [1.82, 2.24) is 0 Å². The van der Waals surface area contributed by atoms with E-state index in [1.165, 1.54) is 238 Å². The van der Waals surface area contributed by atoms with E-state index in [-0.39, 0.29) is 31.1 Å². The fraction of sp³-hybridized carbons (Fsp3) is 0.779. The van der Waals surface area contributed by atoms with Crippen LogP contribution in [0.2, 0.25) is 0 Å². The number of hydrogen-bond acceptors (Lipinski definition) is 6. The van der Waals surface area contributed by atoms with Crippen LogP contribution >= 0.6 is 0 Å². The van der Waals surface area contributed by atoms with Crippen LogP contribution in [0.1, 0.15) is 367 Å². The number of carbonyl (C=O) groups is 3. The topological polar surface area (TPSA) is 78.9 Å². The van der Waals surface area contributed by atoms with E-state index < -0.39 is 6.10 Å². The Balaban J connectivity index is 4.37. The van der Waals surface area contributed by atoms with E-state index in [1.54, 1.807) is 0 Å². The molecule has 0 heterocycles. The molecule has 0 fully saturated rings. The molecule has 0 N–H and O–H groups in total. The quantitative estimate of drug-likeness (QED) is 0.0261. The summed E-state index contributed by atoms with van der Waals surface area (Å²) in [5.41, 5.74) is 0. The minimum atomic E-state index is -0.783. The minimum absolute atomic E-state index is 0.0771. The Kier molecular flexibility index (Phi) is 68.2.